The monoisotopic (exact) mass is 360 g/mol. The van der Waals surface area contributed by atoms with E-state index in [9.17, 15) is 18.4 Å². The van der Waals surface area contributed by atoms with Gasteiger partial charge >= 0.3 is 0 Å². The van der Waals surface area contributed by atoms with E-state index in [-0.39, 0.29) is 11.4 Å². The largest absolute Gasteiger partial charge is 0.493 e. The van der Waals surface area contributed by atoms with Crippen LogP contribution in [-0.2, 0) is 9.59 Å². The quantitative estimate of drug-likeness (QED) is 0.766. The summed E-state index contributed by atoms with van der Waals surface area (Å²) >= 11 is 0. The fourth-order valence-corrected chi connectivity index (χ4v) is 2.18. The normalized spacial score (nSPS) is 10.6. The van der Waals surface area contributed by atoms with E-state index in [2.05, 4.69) is 10.6 Å². The summed E-state index contributed by atoms with van der Waals surface area (Å²) in [6.45, 7) is 3.51. The number of carbonyl (C=O) groups excluding carboxylic acids is 2. The number of rotatable bonds is 6. The van der Waals surface area contributed by atoms with E-state index in [1.165, 1.54) is 19.1 Å². The van der Waals surface area contributed by atoms with Crippen molar-refractivity contribution in [3.8, 4) is 5.75 Å². The minimum atomic E-state index is -0.951. The van der Waals surface area contributed by atoms with Crippen LogP contribution < -0.4 is 15.4 Å². The Morgan fingerprint density at radius 1 is 1.08 bits per heavy atom. The minimum absolute atomic E-state index is 0.222. The molecular formula is C19H18F2N2O3. The molecule has 0 bridgehead atoms. The van der Waals surface area contributed by atoms with Gasteiger partial charge in [-0.05, 0) is 25.1 Å². The molecule has 0 aliphatic heterocycles. The van der Waals surface area contributed by atoms with Crippen LogP contribution in [0, 0.1) is 11.6 Å². The van der Waals surface area contributed by atoms with Gasteiger partial charge in [0.2, 0.25) is 11.8 Å². The number of benzene rings is 2. The van der Waals surface area contributed by atoms with Gasteiger partial charge in [0.1, 0.15) is 17.4 Å². The fourth-order valence-electron chi connectivity index (χ4n) is 2.18. The molecule has 0 heterocycles. The lowest BCUT2D eigenvalue weighted by Gasteiger charge is -2.09. The summed E-state index contributed by atoms with van der Waals surface area (Å²) in [6, 6.07) is 8.74. The summed E-state index contributed by atoms with van der Waals surface area (Å²) in [4.78, 5) is 23.1. The molecule has 2 N–H and O–H groups in total. The predicted molar refractivity (Wildman–Crippen MR) is 95.9 cm³/mol. The predicted octanol–water partition coefficient (Wildman–Crippen LogP) is 3.97. The number of ether oxygens (including phenoxy) is 1. The number of para-hydroxylation sites is 1. The number of hydrogen-bond donors (Lipinski definition) is 2. The molecule has 5 nitrogen and oxygen atoms in total. The highest BCUT2D eigenvalue weighted by Crippen LogP contribution is 2.24. The van der Waals surface area contributed by atoms with Gasteiger partial charge in [-0.15, -0.1) is 0 Å². The average molecular weight is 360 g/mol. The van der Waals surface area contributed by atoms with Gasteiger partial charge in [-0.1, -0.05) is 18.2 Å². The molecule has 0 saturated carbocycles. The third kappa shape index (κ3) is 5.14. The molecule has 2 aromatic carbocycles. The molecule has 136 valence electrons. The number of hydrogen-bond acceptors (Lipinski definition) is 3. The average Bonchev–Trinajstić information content (AvgIpc) is 2.58. The molecular weight excluding hydrogens is 342 g/mol. The SMILES string of the molecule is CCOc1ccccc1/C=C/C(=O)Nc1cc(NC(C)=O)c(F)cc1F. The van der Waals surface area contributed by atoms with Crippen molar-refractivity contribution < 1.29 is 23.1 Å². The Hall–Kier alpha value is -3.22. The van der Waals surface area contributed by atoms with Gasteiger partial charge in [0.15, 0.2) is 0 Å². The second-order valence-electron chi connectivity index (χ2n) is 5.29. The summed E-state index contributed by atoms with van der Waals surface area (Å²) in [7, 11) is 0. The highest BCUT2D eigenvalue weighted by Gasteiger charge is 2.12. The Labute approximate surface area is 149 Å². The second kappa shape index (κ2) is 8.75. The van der Waals surface area contributed by atoms with E-state index in [0.29, 0.717) is 24.0 Å². The van der Waals surface area contributed by atoms with E-state index in [0.717, 1.165) is 6.07 Å². The zero-order chi connectivity index (χ0) is 19.1. The highest BCUT2D eigenvalue weighted by atomic mass is 19.1. The number of carbonyl (C=O) groups is 2. The van der Waals surface area contributed by atoms with Gasteiger partial charge in [0.05, 0.1) is 18.0 Å². The van der Waals surface area contributed by atoms with E-state index in [1.807, 2.05) is 6.92 Å². The van der Waals surface area contributed by atoms with E-state index < -0.39 is 23.4 Å². The molecule has 0 aliphatic rings. The van der Waals surface area contributed by atoms with Crippen LogP contribution in [0.3, 0.4) is 0 Å². The highest BCUT2D eigenvalue weighted by molar-refractivity contribution is 6.02. The van der Waals surface area contributed by atoms with Crippen LogP contribution in [0.25, 0.3) is 6.08 Å². The van der Waals surface area contributed by atoms with Crippen LogP contribution in [0.5, 0.6) is 5.75 Å². The first-order valence-corrected chi connectivity index (χ1v) is 7.88. The number of nitrogens with one attached hydrogen (secondary N) is 2. The summed E-state index contributed by atoms with van der Waals surface area (Å²) in [5.41, 5.74) is 0.214. The molecule has 2 rings (SSSR count). The molecule has 7 heteroatoms. The third-order valence-electron chi connectivity index (χ3n) is 3.26. The van der Waals surface area contributed by atoms with Crippen molar-refractivity contribution in [1.82, 2.24) is 0 Å². The first kappa shape index (κ1) is 19.1. The smallest absolute Gasteiger partial charge is 0.248 e. The number of halogens is 2. The molecule has 26 heavy (non-hydrogen) atoms. The lowest BCUT2D eigenvalue weighted by atomic mass is 10.2. The Morgan fingerprint density at radius 3 is 2.38 bits per heavy atom. The van der Waals surface area contributed by atoms with Gasteiger partial charge in [-0.2, -0.15) is 0 Å². The van der Waals surface area contributed by atoms with Gasteiger partial charge in [-0.25, -0.2) is 8.78 Å². The summed E-state index contributed by atoms with van der Waals surface area (Å²) in [6.07, 6.45) is 2.73. The Morgan fingerprint density at radius 2 is 1.73 bits per heavy atom. The maximum Gasteiger partial charge on any atom is 0.248 e. The number of anilines is 2. The first-order valence-electron chi connectivity index (χ1n) is 7.88. The van der Waals surface area contributed by atoms with Gasteiger partial charge in [0, 0.05) is 24.6 Å². The zero-order valence-corrected chi connectivity index (χ0v) is 14.3. The molecule has 2 aromatic rings. The van der Waals surface area contributed by atoms with Crippen LogP contribution in [-0.4, -0.2) is 18.4 Å². The Bertz CT molecular complexity index is 851. The fraction of sp³-hybridized carbons (Fsp3) is 0.158. The minimum Gasteiger partial charge on any atom is -0.493 e. The summed E-state index contributed by atoms with van der Waals surface area (Å²) < 4.78 is 32.9. The number of amides is 2. The molecule has 0 atom stereocenters. The summed E-state index contributed by atoms with van der Waals surface area (Å²) in [5, 5.41) is 4.54. The maximum absolute atomic E-state index is 13.8. The van der Waals surface area contributed by atoms with Crippen molar-refractivity contribution in [3.63, 3.8) is 0 Å². The first-order chi connectivity index (χ1) is 12.4. The van der Waals surface area contributed by atoms with Crippen LogP contribution in [0.15, 0.2) is 42.5 Å². The van der Waals surface area contributed by atoms with Crippen LogP contribution in [0.1, 0.15) is 19.4 Å². The van der Waals surface area contributed by atoms with Crippen LogP contribution in [0.4, 0.5) is 20.2 Å². The van der Waals surface area contributed by atoms with Crippen molar-refractivity contribution in [2.24, 2.45) is 0 Å². The molecule has 0 aliphatic carbocycles. The van der Waals surface area contributed by atoms with E-state index in [1.54, 1.807) is 24.3 Å². The van der Waals surface area contributed by atoms with Crippen LogP contribution in [0.2, 0.25) is 0 Å². The Balaban J connectivity index is 2.16. The molecule has 0 radical (unpaired) electrons. The van der Waals surface area contributed by atoms with Crippen LogP contribution >= 0.6 is 0 Å². The standard InChI is InChI=1S/C19H18F2N2O3/c1-3-26-18-7-5-4-6-13(18)8-9-19(25)23-17-11-16(22-12(2)24)14(20)10-15(17)21/h4-11H,3H2,1-2H3,(H,22,24)(H,23,25)/b9-8+. The van der Waals surface area contributed by atoms with Gasteiger partial charge < -0.3 is 15.4 Å². The maximum atomic E-state index is 13.8. The molecule has 0 aromatic heterocycles. The van der Waals surface area contributed by atoms with Gasteiger partial charge in [0.25, 0.3) is 0 Å². The van der Waals surface area contributed by atoms with Gasteiger partial charge in [-0.3, -0.25) is 9.59 Å². The topological polar surface area (TPSA) is 67.4 Å². The third-order valence-corrected chi connectivity index (χ3v) is 3.26. The zero-order valence-electron chi connectivity index (χ0n) is 14.3. The molecule has 0 unspecified atom stereocenters. The lowest BCUT2D eigenvalue weighted by molar-refractivity contribution is -0.114. The van der Waals surface area contributed by atoms with Crippen molar-refractivity contribution in [1.29, 1.82) is 0 Å². The molecule has 0 fully saturated rings. The van der Waals surface area contributed by atoms with Crippen molar-refractivity contribution in [2.75, 3.05) is 17.2 Å². The van der Waals surface area contributed by atoms with E-state index >= 15 is 0 Å². The van der Waals surface area contributed by atoms with Crippen molar-refractivity contribution in [3.05, 3.63) is 59.7 Å². The second-order valence-corrected chi connectivity index (χ2v) is 5.29. The lowest BCUT2D eigenvalue weighted by Crippen LogP contribution is -2.12. The van der Waals surface area contributed by atoms with E-state index in [4.69, 9.17) is 4.74 Å². The van der Waals surface area contributed by atoms with Crippen molar-refractivity contribution >= 4 is 29.3 Å². The molecule has 2 amide bonds. The summed E-state index contributed by atoms with van der Waals surface area (Å²) in [5.74, 6) is -2.40. The Kier molecular flexibility index (Phi) is 6.43. The molecule has 0 spiro atoms. The van der Waals surface area contributed by atoms with Crippen molar-refractivity contribution in [2.45, 2.75) is 13.8 Å². The molecule has 0 saturated heterocycles.